The van der Waals surface area contributed by atoms with Crippen LogP contribution in [0.25, 0.3) is 11.3 Å². The lowest BCUT2D eigenvalue weighted by Crippen LogP contribution is -2.21. The molecule has 6 nitrogen and oxygen atoms in total. The van der Waals surface area contributed by atoms with Gasteiger partial charge in [0.25, 0.3) is 5.91 Å². The minimum Gasteiger partial charge on any atom is -0.507 e. The number of nitrogens with zero attached hydrogens (tertiary/aromatic N) is 1. The molecule has 27 heavy (non-hydrogen) atoms. The minimum absolute atomic E-state index is 0.0266. The van der Waals surface area contributed by atoms with E-state index in [2.05, 4.69) is 10.3 Å². The molecule has 0 aliphatic carbocycles. The Morgan fingerprint density at radius 1 is 1.15 bits per heavy atom. The molecule has 0 fully saturated rings. The first kappa shape index (κ1) is 18.6. The average molecular weight is 382 g/mol. The molecule has 1 aromatic heterocycles. The highest BCUT2D eigenvalue weighted by Crippen LogP contribution is 2.25. The van der Waals surface area contributed by atoms with Gasteiger partial charge in [-0.05, 0) is 25.5 Å². The first-order valence-electron chi connectivity index (χ1n) is 8.22. The standard InChI is InChI=1S/C20H18N2O4S/c1-12-6-8-14(9-7-12)16-11-27-20(21-16)22-17(23)10-26-19(25)15-5-3-4-13(2)18(15)24/h3-9,11,24H,10H2,1-2H3,(H,21,22,23). The Morgan fingerprint density at radius 2 is 1.89 bits per heavy atom. The predicted octanol–water partition coefficient (Wildman–Crippen LogP) is 3.93. The molecule has 0 radical (unpaired) electrons. The van der Waals surface area contributed by atoms with Gasteiger partial charge >= 0.3 is 5.97 Å². The van der Waals surface area contributed by atoms with Crippen molar-refractivity contribution in [1.82, 2.24) is 4.98 Å². The number of hydrogen-bond donors (Lipinski definition) is 2. The molecule has 0 aliphatic heterocycles. The molecule has 0 aliphatic rings. The number of esters is 1. The van der Waals surface area contributed by atoms with Crippen molar-refractivity contribution in [2.75, 3.05) is 11.9 Å². The van der Waals surface area contributed by atoms with Gasteiger partial charge in [0.2, 0.25) is 0 Å². The van der Waals surface area contributed by atoms with Crippen molar-refractivity contribution in [3.63, 3.8) is 0 Å². The van der Waals surface area contributed by atoms with Gasteiger partial charge in [-0.15, -0.1) is 11.3 Å². The highest BCUT2D eigenvalue weighted by molar-refractivity contribution is 7.14. The number of carbonyl (C=O) groups excluding carboxylic acids is 2. The van der Waals surface area contributed by atoms with Crippen LogP contribution in [0.3, 0.4) is 0 Å². The Kier molecular flexibility index (Phi) is 5.52. The Morgan fingerprint density at radius 3 is 2.63 bits per heavy atom. The fourth-order valence-corrected chi connectivity index (χ4v) is 3.11. The number of para-hydroxylation sites is 1. The van der Waals surface area contributed by atoms with Crippen molar-refractivity contribution >= 4 is 28.3 Å². The molecule has 2 N–H and O–H groups in total. The van der Waals surface area contributed by atoms with Crippen LogP contribution in [0.15, 0.2) is 47.8 Å². The molecule has 0 bridgehead atoms. The number of aromatic nitrogens is 1. The van der Waals surface area contributed by atoms with Gasteiger partial charge < -0.3 is 9.84 Å². The van der Waals surface area contributed by atoms with E-state index in [9.17, 15) is 14.7 Å². The number of rotatable bonds is 5. The summed E-state index contributed by atoms with van der Waals surface area (Å²) in [6.07, 6.45) is 0. The van der Waals surface area contributed by atoms with Crippen LogP contribution in [-0.2, 0) is 9.53 Å². The number of ether oxygens (including phenoxy) is 1. The normalized spacial score (nSPS) is 10.4. The molecule has 0 saturated carbocycles. The van der Waals surface area contributed by atoms with Crippen molar-refractivity contribution in [2.45, 2.75) is 13.8 Å². The summed E-state index contributed by atoms with van der Waals surface area (Å²) in [6, 6.07) is 12.7. The van der Waals surface area contributed by atoms with E-state index in [0.717, 1.165) is 16.8 Å². The maximum absolute atomic E-state index is 12.0. The average Bonchev–Trinajstić information content (AvgIpc) is 3.11. The monoisotopic (exact) mass is 382 g/mol. The quantitative estimate of drug-likeness (QED) is 0.653. The number of thiazole rings is 1. The van der Waals surface area contributed by atoms with Crippen LogP contribution in [0.1, 0.15) is 21.5 Å². The number of nitrogens with one attached hydrogen (secondary N) is 1. The van der Waals surface area contributed by atoms with E-state index in [1.165, 1.54) is 17.4 Å². The van der Waals surface area contributed by atoms with Gasteiger partial charge in [0.1, 0.15) is 11.3 Å². The molecule has 1 heterocycles. The van der Waals surface area contributed by atoms with Crippen molar-refractivity contribution in [1.29, 1.82) is 0 Å². The summed E-state index contributed by atoms with van der Waals surface area (Å²) < 4.78 is 4.97. The van der Waals surface area contributed by atoms with Crippen LogP contribution in [0.2, 0.25) is 0 Å². The second-order valence-electron chi connectivity index (χ2n) is 6.00. The molecule has 1 amide bonds. The van der Waals surface area contributed by atoms with E-state index in [4.69, 9.17) is 4.74 Å². The van der Waals surface area contributed by atoms with Crippen LogP contribution in [-0.4, -0.2) is 28.6 Å². The highest BCUT2D eigenvalue weighted by Gasteiger charge is 2.16. The number of hydrogen-bond acceptors (Lipinski definition) is 6. The number of anilines is 1. The molecule has 138 valence electrons. The van der Waals surface area contributed by atoms with E-state index >= 15 is 0 Å². The van der Waals surface area contributed by atoms with Crippen molar-refractivity contribution in [3.05, 3.63) is 64.5 Å². The molecule has 2 aromatic carbocycles. The van der Waals surface area contributed by atoms with E-state index in [0.29, 0.717) is 10.7 Å². The van der Waals surface area contributed by atoms with E-state index in [1.54, 1.807) is 19.1 Å². The molecular formula is C20H18N2O4S. The Hall–Kier alpha value is -3.19. The van der Waals surface area contributed by atoms with Crippen LogP contribution in [0.4, 0.5) is 5.13 Å². The second kappa shape index (κ2) is 8.01. The fraction of sp³-hybridized carbons (Fsp3) is 0.150. The Labute approximate surface area is 160 Å². The van der Waals surface area contributed by atoms with Gasteiger partial charge in [-0.2, -0.15) is 0 Å². The molecule has 0 saturated heterocycles. The molecule has 3 rings (SSSR count). The van der Waals surface area contributed by atoms with Gasteiger partial charge in [0.05, 0.1) is 5.69 Å². The van der Waals surface area contributed by atoms with Crippen LogP contribution < -0.4 is 5.32 Å². The molecule has 0 unspecified atom stereocenters. The number of phenolic OH excluding ortho intramolecular Hbond substituents is 1. The predicted molar refractivity (Wildman–Crippen MR) is 104 cm³/mol. The fourth-order valence-electron chi connectivity index (χ4n) is 2.38. The third-order valence-electron chi connectivity index (χ3n) is 3.89. The zero-order valence-corrected chi connectivity index (χ0v) is 15.7. The van der Waals surface area contributed by atoms with Crippen molar-refractivity contribution < 1.29 is 19.4 Å². The van der Waals surface area contributed by atoms with Crippen LogP contribution >= 0.6 is 11.3 Å². The zero-order valence-electron chi connectivity index (χ0n) is 14.9. The number of amides is 1. The lowest BCUT2D eigenvalue weighted by molar-refractivity contribution is -0.119. The molecule has 7 heteroatoms. The molecule has 3 aromatic rings. The van der Waals surface area contributed by atoms with Crippen molar-refractivity contribution in [3.8, 4) is 17.0 Å². The molecule has 0 spiro atoms. The summed E-state index contributed by atoms with van der Waals surface area (Å²) in [7, 11) is 0. The first-order valence-corrected chi connectivity index (χ1v) is 9.10. The highest BCUT2D eigenvalue weighted by atomic mass is 32.1. The van der Waals surface area contributed by atoms with Gasteiger partial charge in [-0.1, -0.05) is 42.0 Å². The summed E-state index contributed by atoms with van der Waals surface area (Å²) >= 11 is 1.29. The molecular weight excluding hydrogens is 364 g/mol. The number of aryl methyl sites for hydroxylation is 2. The lowest BCUT2D eigenvalue weighted by Gasteiger charge is -2.07. The maximum Gasteiger partial charge on any atom is 0.342 e. The number of aromatic hydroxyl groups is 1. The van der Waals surface area contributed by atoms with Gasteiger partial charge in [0, 0.05) is 10.9 Å². The number of phenols is 1. The Balaban J connectivity index is 1.57. The summed E-state index contributed by atoms with van der Waals surface area (Å²) in [5, 5.41) is 14.8. The summed E-state index contributed by atoms with van der Waals surface area (Å²) in [5.74, 6) is -1.41. The topological polar surface area (TPSA) is 88.5 Å². The van der Waals surface area contributed by atoms with E-state index in [1.807, 2.05) is 36.6 Å². The number of carbonyl (C=O) groups is 2. The molecule has 0 atom stereocenters. The first-order chi connectivity index (χ1) is 12.9. The maximum atomic E-state index is 12.0. The summed E-state index contributed by atoms with van der Waals surface area (Å²) in [5.41, 5.74) is 3.46. The van der Waals surface area contributed by atoms with E-state index < -0.39 is 18.5 Å². The minimum atomic E-state index is -0.758. The lowest BCUT2D eigenvalue weighted by atomic mass is 10.1. The summed E-state index contributed by atoms with van der Waals surface area (Å²) in [6.45, 7) is 3.22. The largest absolute Gasteiger partial charge is 0.507 e. The Bertz CT molecular complexity index is 980. The van der Waals surface area contributed by atoms with E-state index in [-0.39, 0.29) is 11.3 Å². The SMILES string of the molecule is Cc1ccc(-c2csc(NC(=O)COC(=O)c3cccc(C)c3O)n2)cc1. The second-order valence-corrected chi connectivity index (χ2v) is 6.86. The van der Waals surface area contributed by atoms with Gasteiger partial charge in [0.15, 0.2) is 11.7 Å². The van der Waals surface area contributed by atoms with Gasteiger partial charge in [-0.3, -0.25) is 10.1 Å². The van der Waals surface area contributed by atoms with Gasteiger partial charge in [-0.25, -0.2) is 9.78 Å². The van der Waals surface area contributed by atoms with Crippen LogP contribution in [0, 0.1) is 13.8 Å². The van der Waals surface area contributed by atoms with Crippen molar-refractivity contribution in [2.24, 2.45) is 0 Å². The third kappa shape index (κ3) is 4.51. The zero-order chi connectivity index (χ0) is 19.4. The third-order valence-corrected chi connectivity index (χ3v) is 4.65. The number of benzene rings is 2. The van der Waals surface area contributed by atoms with Crippen LogP contribution in [0.5, 0.6) is 5.75 Å². The summed E-state index contributed by atoms with van der Waals surface area (Å²) in [4.78, 5) is 28.4. The smallest absolute Gasteiger partial charge is 0.342 e.